The first-order valence-corrected chi connectivity index (χ1v) is 10.2. The Kier molecular flexibility index (Phi) is 8.00. The quantitative estimate of drug-likeness (QED) is 0.273. The number of allylic oxidation sites excluding steroid dienone is 3. The summed E-state index contributed by atoms with van der Waals surface area (Å²) in [7, 11) is 0. The van der Waals surface area contributed by atoms with Crippen molar-refractivity contribution in [2.75, 3.05) is 6.61 Å². The molecule has 3 rings (SSSR count). The SMILES string of the molecule is CC(=O)Oc1ccccc1[C@H]1O[C@@H](c2ccccc2Cl)OC[C@H]1CC=C/C=C\C(=O)O. The molecule has 0 amide bonds. The number of esters is 1. The van der Waals surface area contributed by atoms with Crippen LogP contribution in [0.5, 0.6) is 5.75 Å². The van der Waals surface area contributed by atoms with E-state index in [2.05, 4.69) is 0 Å². The van der Waals surface area contributed by atoms with E-state index in [0.717, 1.165) is 17.2 Å². The van der Waals surface area contributed by atoms with E-state index in [0.29, 0.717) is 23.8 Å². The summed E-state index contributed by atoms with van der Waals surface area (Å²) < 4.78 is 17.7. The van der Waals surface area contributed by atoms with Crippen molar-refractivity contribution in [1.82, 2.24) is 0 Å². The molecule has 7 heteroatoms. The second kappa shape index (κ2) is 10.9. The van der Waals surface area contributed by atoms with Gasteiger partial charge in [0.25, 0.3) is 0 Å². The molecule has 31 heavy (non-hydrogen) atoms. The summed E-state index contributed by atoms with van der Waals surface area (Å²) in [5, 5.41) is 9.24. The first-order chi connectivity index (χ1) is 15.0. The number of carboxylic acids is 1. The lowest BCUT2D eigenvalue weighted by molar-refractivity contribution is -0.244. The summed E-state index contributed by atoms with van der Waals surface area (Å²) in [5.41, 5.74) is 1.45. The minimum absolute atomic E-state index is 0.0927. The molecule has 1 heterocycles. The van der Waals surface area contributed by atoms with Crippen molar-refractivity contribution in [3.8, 4) is 5.75 Å². The normalized spacial score (nSPS) is 21.4. The van der Waals surface area contributed by atoms with E-state index in [9.17, 15) is 9.59 Å². The first kappa shape index (κ1) is 22.7. The van der Waals surface area contributed by atoms with Crippen LogP contribution in [-0.2, 0) is 19.1 Å². The number of carbonyl (C=O) groups excluding carboxylic acids is 1. The van der Waals surface area contributed by atoms with Crippen LogP contribution in [0.4, 0.5) is 0 Å². The van der Waals surface area contributed by atoms with Crippen LogP contribution in [0.3, 0.4) is 0 Å². The predicted octanol–water partition coefficient (Wildman–Crippen LogP) is 5.26. The monoisotopic (exact) mass is 442 g/mol. The van der Waals surface area contributed by atoms with Crippen molar-refractivity contribution in [2.45, 2.75) is 25.7 Å². The highest BCUT2D eigenvalue weighted by Crippen LogP contribution is 2.43. The second-order valence-corrected chi connectivity index (χ2v) is 7.40. The highest BCUT2D eigenvalue weighted by Gasteiger charge is 2.35. The number of carbonyl (C=O) groups is 2. The zero-order valence-electron chi connectivity index (χ0n) is 16.9. The molecule has 0 bridgehead atoms. The first-order valence-electron chi connectivity index (χ1n) is 9.80. The number of para-hydroxylation sites is 1. The zero-order chi connectivity index (χ0) is 22.2. The van der Waals surface area contributed by atoms with E-state index in [1.165, 1.54) is 13.0 Å². The lowest BCUT2D eigenvalue weighted by atomic mass is 9.91. The molecule has 1 N–H and O–H groups in total. The molecular formula is C24H23ClO6. The molecule has 0 aromatic heterocycles. The van der Waals surface area contributed by atoms with Crippen LogP contribution in [0.1, 0.15) is 36.9 Å². The predicted molar refractivity (Wildman–Crippen MR) is 116 cm³/mol. The van der Waals surface area contributed by atoms with E-state index >= 15 is 0 Å². The van der Waals surface area contributed by atoms with Gasteiger partial charge in [0.1, 0.15) is 5.75 Å². The molecule has 1 aliphatic heterocycles. The van der Waals surface area contributed by atoms with Gasteiger partial charge in [0.15, 0.2) is 6.29 Å². The number of benzene rings is 2. The third-order valence-corrected chi connectivity index (χ3v) is 5.07. The Morgan fingerprint density at radius 3 is 2.55 bits per heavy atom. The highest BCUT2D eigenvalue weighted by atomic mass is 35.5. The van der Waals surface area contributed by atoms with Crippen molar-refractivity contribution in [3.05, 3.63) is 89.0 Å². The molecule has 1 saturated heterocycles. The van der Waals surface area contributed by atoms with Gasteiger partial charge >= 0.3 is 11.9 Å². The average molecular weight is 443 g/mol. The smallest absolute Gasteiger partial charge is 0.328 e. The Morgan fingerprint density at radius 1 is 1.13 bits per heavy atom. The molecule has 0 unspecified atom stereocenters. The molecule has 6 nitrogen and oxygen atoms in total. The lowest BCUT2D eigenvalue weighted by Gasteiger charge is -2.37. The standard InChI is InChI=1S/C24H23ClO6/c1-16(26)30-21-13-8-6-11-19(21)23-17(9-3-2-4-14-22(27)28)15-29-24(31-23)18-10-5-7-12-20(18)25/h2-8,10-14,17,23-24H,9,15H2,1H3,(H,27,28)/b3-2?,14-4-/t17-,23+,24+/m1/s1. The van der Waals surface area contributed by atoms with E-state index in [4.69, 9.17) is 30.9 Å². The van der Waals surface area contributed by atoms with Crippen molar-refractivity contribution in [3.63, 3.8) is 0 Å². The Morgan fingerprint density at radius 2 is 1.84 bits per heavy atom. The summed E-state index contributed by atoms with van der Waals surface area (Å²) in [5.74, 6) is -1.09. The number of carboxylic acid groups (broad SMARTS) is 1. The lowest BCUT2D eigenvalue weighted by Crippen LogP contribution is -2.31. The largest absolute Gasteiger partial charge is 0.478 e. The van der Waals surface area contributed by atoms with Crippen LogP contribution in [-0.4, -0.2) is 23.7 Å². The molecule has 0 aliphatic carbocycles. The Bertz CT molecular complexity index is 984. The summed E-state index contributed by atoms with van der Waals surface area (Å²) in [4.78, 5) is 22.2. The van der Waals surface area contributed by atoms with Gasteiger partial charge in [0, 0.05) is 35.1 Å². The van der Waals surface area contributed by atoms with Gasteiger partial charge in [-0.05, 0) is 18.6 Å². The topological polar surface area (TPSA) is 82.1 Å². The second-order valence-electron chi connectivity index (χ2n) is 7.00. The molecule has 0 spiro atoms. The molecule has 1 aliphatic rings. The maximum absolute atomic E-state index is 11.6. The fourth-order valence-electron chi connectivity index (χ4n) is 3.36. The van der Waals surface area contributed by atoms with Crippen molar-refractivity contribution < 1.29 is 28.9 Å². The number of hydrogen-bond donors (Lipinski definition) is 1. The van der Waals surface area contributed by atoms with Gasteiger partial charge in [-0.1, -0.05) is 66.2 Å². The summed E-state index contributed by atoms with van der Waals surface area (Å²) in [6.07, 6.45) is 5.51. The van der Waals surface area contributed by atoms with Crippen LogP contribution >= 0.6 is 11.6 Å². The Hall–Kier alpha value is -2.93. The molecule has 2 aromatic carbocycles. The van der Waals surface area contributed by atoms with Gasteiger partial charge < -0.3 is 19.3 Å². The van der Waals surface area contributed by atoms with Gasteiger partial charge in [-0.3, -0.25) is 4.79 Å². The van der Waals surface area contributed by atoms with Gasteiger partial charge in [-0.2, -0.15) is 0 Å². The van der Waals surface area contributed by atoms with Crippen LogP contribution in [0.25, 0.3) is 0 Å². The number of rotatable bonds is 7. The van der Waals surface area contributed by atoms with E-state index in [1.807, 2.05) is 36.4 Å². The van der Waals surface area contributed by atoms with Crippen LogP contribution in [0.15, 0.2) is 72.8 Å². The molecule has 2 aromatic rings. The summed E-state index contributed by atoms with van der Waals surface area (Å²) in [6.45, 7) is 1.73. The number of ether oxygens (including phenoxy) is 3. The molecule has 1 fully saturated rings. The average Bonchev–Trinajstić information content (AvgIpc) is 2.74. The Balaban J connectivity index is 1.88. The minimum atomic E-state index is -1.01. The molecular weight excluding hydrogens is 420 g/mol. The fourth-order valence-corrected chi connectivity index (χ4v) is 3.59. The maximum Gasteiger partial charge on any atom is 0.328 e. The van der Waals surface area contributed by atoms with Gasteiger partial charge in [0.05, 0.1) is 12.7 Å². The molecule has 0 radical (unpaired) electrons. The fraction of sp³-hybridized carbons (Fsp3) is 0.250. The molecule has 162 valence electrons. The van der Waals surface area contributed by atoms with Crippen LogP contribution < -0.4 is 4.74 Å². The van der Waals surface area contributed by atoms with Crippen molar-refractivity contribution in [1.29, 1.82) is 0 Å². The summed E-state index contributed by atoms with van der Waals surface area (Å²) in [6, 6.07) is 14.5. The van der Waals surface area contributed by atoms with Gasteiger partial charge in [-0.15, -0.1) is 0 Å². The van der Waals surface area contributed by atoms with E-state index < -0.39 is 24.3 Å². The molecule has 3 atom stereocenters. The number of halogens is 1. The third-order valence-electron chi connectivity index (χ3n) is 4.72. The zero-order valence-corrected chi connectivity index (χ0v) is 17.7. The van der Waals surface area contributed by atoms with Crippen molar-refractivity contribution in [2.24, 2.45) is 5.92 Å². The van der Waals surface area contributed by atoms with Gasteiger partial charge in [0.2, 0.25) is 0 Å². The minimum Gasteiger partial charge on any atom is -0.478 e. The van der Waals surface area contributed by atoms with Crippen molar-refractivity contribution >= 4 is 23.5 Å². The van der Waals surface area contributed by atoms with E-state index in [-0.39, 0.29) is 5.92 Å². The van der Waals surface area contributed by atoms with Gasteiger partial charge in [-0.25, -0.2) is 4.79 Å². The van der Waals surface area contributed by atoms with E-state index in [1.54, 1.807) is 24.3 Å². The number of hydrogen-bond acceptors (Lipinski definition) is 5. The Labute approximate surface area is 185 Å². The van der Waals surface area contributed by atoms with Crippen LogP contribution in [0.2, 0.25) is 5.02 Å². The summed E-state index contributed by atoms with van der Waals surface area (Å²) >= 11 is 6.34. The highest BCUT2D eigenvalue weighted by molar-refractivity contribution is 6.31. The maximum atomic E-state index is 11.6. The molecule has 0 saturated carbocycles. The van der Waals surface area contributed by atoms with Crippen LogP contribution in [0, 0.1) is 5.92 Å². The number of aliphatic carboxylic acids is 1. The third kappa shape index (κ3) is 6.28.